The smallest absolute Gasteiger partial charge is 0.264 e. The summed E-state index contributed by atoms with van der Waals surface area (Å²) < 4.78 is 7.95. The fourth-order valence-electron chi connectivity index (χ4n) is 4.77. The third-order valence-electron chi connectivity index (χ3n) is 6.49. The van der Waals surface area contributed by atoms with Gasteiger partial charge in [0.25, 0.3) is 11.8 Å². The van der Waals surface area contributed by atoms with E-state index in [1.54, 1.807) is 19.0 Å². The number of hydrogen-bond acceptors (Lipinski definition) is 6. The van der Waals surface area contributed by atoms with Crippen LogP contribution in [0.4, 0.5) is 5.13 Å². The highest BCUT2D eigenvalue weighted by Crippen LogP contribution is 2.38. The summed E-state index contributed by atoms with van der Waals surface area (Å²) in [6, 6.07) is 5.98. The van der Waals surface area contributed by atoms with Crippen molar-refractivity contribution in [2.75, 3.05) is 38.8 Å². The molecule has 9 heteroatoms. The number of nitrogens with zero attached hydrogens (tertiary/aromatic N) is 4. The van der Waals surface area contributed by atoms with Gasteiger partial charge in [0.1, 0.15) is 4.88 Å². The SMILES string of the molecule is CN(C)C(=O)c1ccc2c(c1)c(C[C@H]1COCCN1c1nc3c(s1)C(=O)NC3(C)C)cn2C. The maximum Gasteiger partial charge on any atom is 0.264 e. The van der Waals surface area contributed by atoms with Gasteiger partial charge in [-0.1, -0.05) is 11.3 Å². The fourth-order valence-corrected chi connectivity index (χ4v) is 5.98. The summed E-state index contributed by atoms with van der Waals surface area (Å²) in [5.74, 6) is -0.0526. The second-order valence-corrected chi connectivity index (χ2v) is 10.6. The summed E-state index contributed by atoms with van der Waals surface area (Å²) >= 11 is 1.46. The Hall–Kier alpha value is -2.91. The summed E-state index contributed by atoms with van der Waals surface area (Å²) in [6.45, 7) is 5.92. The standard InChI is InChI=1S/C24H29N5O3S/c1-24(2)20-19(21(30)26-24)33-23(25-20)29-8-9-32-13-16(29)10-15-12-28(5)18-7-6-14(11-17(15)18)22(31)27(3)4/h6-7,11-12,16H,8-10,13H2,1-5H3,(H,26,30)/t16-/m0/s1. The molecule has 0 saturated carbocycles. The van der Waals surface area contributed by atoms with Crippen LogP contribution in [0.3, 0.4) is 0 Å². The van der Waals surface area contributed by atoms with Crippen molar-refractivity contribution >= 4 is 39.2 Å². The predicted octanol–water partition coefficient (Wildman–Crippen LogP) is 2.76. The number of morpholine rings is 1. The summed E-state index contributed by atoms with van der Waals surface area (Å²) in [7, 11) is 5.56. The van der Waals surface area contributed by atoms with Crippen LogP contribution in [0, 0.1) is 0 Å². The minimum absolute atomic E-state index is 0.00692. The number of rotatable bonds is 4. The molecule has 5 rings (SSSR count). The minimum atomic E-state index is -0.450. The van der Waals surface area contributed by atoms with Crippen molar-refractivity contribution in [2.24, 2.45) is 7.05 Å². The molecule has 1 aromatic carbocycles. The molecule has 0 bridgehead atoms. The molecule has 1 fully saturated rings. The second kappa shape index (κ2) is 7.85. The maximum atomic E-state index is 12.5. The molecule has 3 aromatic rings. The normalized spacial score (nSPS) is 19.6. The Morgan fingerprint density at radius 2 is 2.15 bits per heavy atom. The summed E-state index contributed by atoms with van der Waals surface area (Å²) in [4.78, 5) is 34.4. The molecule has 174 valence electrons. The average molecular weight is 468 g/mol. The molecule has 0 unspecified atom stereocenters. The van der Waals surface area contributed by atoms with Crippen LogP contribution in [0.1, 0.15) is 45.1 Å². The minimum Gasteiger partial charge on any atom is -0.377 e. The Labute approximate surface area is 197 Å². The molecular weight excluding hydrogens is 438 g/mol. The van der Waals surface area contributed by atoms with E-state index in [0.717, 1.165) is 34.7 Å². The monoisotopic (exact) mass is 467 g/mol. The number of hydrogen-bond donors (Lipinski definition) is 1. The van der Waals surface area contributed by atoms with E-state index in [0.29, 0.717) is 23.7 Å². The number of nitrogens with one attached hydrogen (secondary N) is 1. The zero-order valence-corrected chi connectivity index (χ0v) is 20.5. The van der Waals surface area contributed by atoms with Gasteiger partial charge in [-0.05, 0) is 44.0 Å². The van der Waals surface area contributed by atoms with Crippen LogP contribution in [-0.4, -0.2) is 66.2 Å². The van der Waals surface area contributed by atoms with E-state index in [2.05, 4.69) is 21.0 Å². The molecule has 8 nitrogen and oxygen atoms in total. The van der Waals surface area contributed by atoms with Crippen molar-refractivity contribution in [3.63, 3.8) is 0 Å². The number of aromatic nitrogens is 2. The van der Waals surface area contributed by atoms with E-state index < -0.39 is 5.54 Å². The first-order valence-electron chi connectivity index (χ1n) is 11.1. The molecule has 33 heavy (non-hydrogen) atoms. The van der Waals surface area contributed by atoms with Crippen LogP contribution >= 0.6 is 11.3 Å². The molecule has 1 atom stereocenters. The Kier molecular flexibility index (Phi) is 5.21. The van der Waals surface area contributed by atoms with Crippen molar-refractivity contribution in [1.82, 2.24) is 19.8 Å². The molecule has 0 spiro atoms. The van der Waals surface area contributed by atoms with Crippen molar-refractivity contribution < 1.29 is 14.3 Å². The molecule has 2 aliphatic heterocycles. The lowest BCUT2D eigenvalue weighted by molar-refractivity contribution is 0.0827. The molecule has 4 heterocycles. The van der Waals surface area contributed by atoms with Gasteiger partial charge in [0.15, 0.2) is 5.13 Å². The van der Waals surface area contributed by atoms with Crippen LogP contribution in [0.25, 0.3) is 10.9 Å². The summed E-state index contributed by atoms with van der Waals surface area (Å²) in [6.07, 6.45) is 2.90. The number of benzene rings is 1. The van der Waals surface area contributed by atoms with Crippen LogP contribution < -0.4 is 10.2 Å². The largest absolute Gasteiger partial charge is 0.377 e. The highest BCUT2D eigenvalue weighted by atomic mass is 32.1. The molecule has 2 aliphatic rings. The summed E-state index contributed by atoms with van der Waals surface area (Å²) in [5.41, 5.74) is 3.32. The van der Waals surface area contributed by atoms with Gasteiger partial charge < -0.3 is 24.4 Å². The first kappa shape index (κ1) is 21.9. The quantitative estimate of drug-likeness (QED) is 0.638. The first-order chi connectivity index (χ1) is 15.7. The van der Waals surface area contributed by atoms with Gasteiger partial charge in [-0.15, -0.1) is 0 Å². The number of aryl methyl sites for hydroxylation is 1. The third-order valence-corrected chi connectivity index (χ3v) is 7.59. The lowest BCUT2D eigenvalue weighted by Gasteiger charge is -2.35. The second-order valence-electron chi connectivity index (χ2n) is 9.58. The van der Waals surface area contributed by atoms with Crippen LogP contribution in [0.5, 0.6) is 0 Å². The van der Waals surface area contributed by atoms with Crippen molar-refractivity contribution in [3.8, 4) is 0 Å². The molecule has 2 amide bonds. The molecule has 1 N–H and O–H groups in total. The molecule has 2 aromatic heterocycles. The fraction of sp³-hybridized carbons (Fsp3) is 0.458. The van der Waals surface area contributed by atoms with Crippen LogP contribution in [0.2, 0.25) is 0 Å². The molecule has 1 saturated heterocycles. The van der Waals surface area contributed by atoms with E-state index in [4.69, 9.17) is 9.72 Å². The topological polar surface area (TPSA) is 79.7 Å². The van der Waals surface area contributed by atoms with Gasteiger partial charge in [0.2, 0.25) is 0 Å². The number of ether oxygens (including phenoxy) is 1. The van der Waals surface area contributed by atoms with E-state index in [9.17, 15) is 9.59 Å². The number of anilines is 1. The van der Waals surface area contributed by atoms with Gasteiger partial charge >= 0.3 is 0 Å². The Bertz CT molecular complexity index is 1260. The average Bonchev–Trinajstić information content (AvgIpc) is 3.41. The Morgan fingerprint density at radius 1 is 1.36 bits per heavy atom. The number of thiazole rings is 1. The van der Waals surface area contributed by atoms with Gasteiger partial charge in [0.05, 0.1) is 30.5 Å². The molecular formula is C24H29N5O3S. The lowest BCUT2D eigenvalue weighted by atomic mass is 10.0. The van der Waals surface area contributed by atoms with Crippen LogP contribution in [0.15, 0.2) is 24.4 Å². The number of fused-ring (bicyclic) bond motifs is 2. The van der Waals surface area contributed by atoms with E-state index >= 15 is 0 Å². The van der Waals surface area contributed by atoms with E-state index in [1.165, 1.54) is 16.9 Å². The van der Waals surface area contributed by atoms with Crippen LogP contribution in [-0.2, 0) is 23.7 Å². The highest BCUT2D eigenvalue weighted by molar-refractivity contribution is 7.17. The lowest BCUT2D eigenvalue weighted by Crippen LogP contribution is -2.47. The van der Waals surface area contributed by atoms with E-state index in [-0.39, 0.29) is 17.9 Å². The predicted molar refractivity (Wildman–Crippen MR) is 129 cm³/mol. The molecule has 0 aliphatic carbocycles. The zero-order chi connectivity index (χ0) is 23.5. The number of carbonyl (C=O) groups excluding carboxylic acids is 2. The van der Waals surface area contributed by atoms with Gasteiger partial charge in [-0.3, -0.25) is 9.59 Å². The Balaban J connectivity index is 1.48. The number of amides is 2. The van der Waals surface area contributed by atoms with Crippen molar-refractivity contribution in [1.29, 1.82) is 0 Å². The Morgan fingerprint density at radius 3 is 2.88 bits per heavy atom. The number of carbonyl (C=O) groups is 2. The highest BCUT2D eigenvalue weighted by Gasteiger charge is 2.40. The van der Waals surface area contributed by atoms with Gasteiger partial charge in [-0.2, -0.15) is 0 Å². The van der Waals surface area contributed by atoms with Crippen molar-refractivity contribution in [2.45, 2.75) is 31.8 Å². The van der Waals surface area contributed by atoms with E-state index in [1.807, 2.05) is 39.1 Å². The van der Waals surface area contributed by atoms with Gasteiger partial charge in [0, 0.05) is 50.4 Å². The first-order valence-corrected chi connectivity index (χ1v) is 11.9. The van der Waals surface area contributed by atoms with Crippen molar-refractivity contribution in [3.05, 3.63) is 46.1 Å². The maximum absolute atomic E-state index is 12.5. The molecule has 0 radical (unpaired) electrons. The third kappa shape index (κ3) is 3.69. The van der Waals surface area contributed by atoms with Gasteiger partial charge in [-0.25, -0.2) is 4.98 Å². The zero-order valence-electron chi connectivity index (χ0n) is 19.6. The summed E-state index contributed by atoms with van der Waals surface area (Å²) in [5, 5.41) is 4.95.